The van der Waals surface area contributed by atoms with E-state index in [9.17, 15) is 13.2 Å². The highest BCUT2D eigenvalue weighted by molar-refractivity contribution is 7.89. The van der Waals surface area contributed by atoms with Crippen LogP contribution in [0.15, 0.2) is 64.9 Å². The number of carbonyl (C=O) groups is 1. The Bertz CT molecular complexity index is 1290. The van der Waals surface area contributed by atoms with Crippen LogP contribution >= 0.6 is 34.5 Å². The fourth-order valence-electron chi connectivity index (χ4n) is 4.31. The van der Waals surface area contributed by atoms with Crippen LogP contribution in [0, 0.1) is 5.92 Å². The number of hydrogen-bond donors (Lipinski definition) is 0. The molecule has 2 aromatic carbocycles. The van der Waals surface area contributed by atoms with E-state index in [-0.39, 0.29) is 23.9 Å². The van der Waals surface area contributed by atoms with Gasteiger partial charge in [0.2, 0.25) is 15.9 Å². The molecule has 5 nitrogen and oxygen atoms in total. The molecule has 0 saturated heterocycles. The number of fused-ring (bicyclic) bond motifs is 1. The Morgan fingerprint density at radius 1 is 1.11 bits per heavy atom. The maximum atomic E-state index is 13.8. The van der Waals surface area contributed by atoms with Gasteiger partial charge in [0.15, 0.2) is 0 Å². The molecule has 186 valence electrons. The number of thiophene rings is 1. The summed E-state index contributed by atoms with van der Waals surface area (Å²) in [7, 11) is -3.83. The average Bonchev–Trinajstić information content (AvgIpc) is 3.30. The zero-order valence-electron chi connectivity index (χ0n) is 19.7. The number of hydrogen-bond acceptors (Lipinski definition) is 4. The molecule has 3 aromatic rings. The van der Waals surface area contributed by atoms with Crippen molar-refractivity contribution in [3.8, 4) is 0 Å². The summed E-state index contributed by atoms with van der Waals surface area (Å²) >= 11 is 14.4. The van der Waals surface area contributed by atoms with E-state index >= 15 is 0 Å². The van der Waals surface area contributed by atoms with Gasteiger partial charge in [-0.05, 0) is 65.6 Å². The summed E-state index contributed by atoms with van der Waals surface area (Å²) in [6.45, 7) is 4.60. The Kier molecular flexibility index (Phi) is 8.23. The SMILES string of the molecule is CC(C)CCN(CC(=O)N1CCc2sccc2C1c1ccc(Cl)cc1Cl)S(=O)(=O)c1ccccc1. The van der Waals surface area contributed by atoms with Gasteiger partial charge in [0.05, 0.1) is 17.5 Å². The molecule has 1 amide bonds. The normalized spacial score (nSPS) is 16.1. The van der Waals surface area contributed by atoms with Crippen molar-refractivity contribution in [2.45, 2.75) is 37.6 Å². The van der Waals surface area contributed by atoms with Gasteiger partial charge in [-0.25, -0.2) is 8.42 Å². The van der Waals surface area contributed by atoms with Gasteiger partial charge in [0.25, 0.3) is 0 Å². The predicted octanol–water partition coefficient (Wildman–Crippen LogP) is 6.27. The van der Waals surface area contributed by atoms with Crippen molar-refractivity contribution in [1.82, 2.24) is 9.21 Å². The van der Waals surface area contributed by atoms with Crippen LogP contribution in [0.1, 0.15) is 42.3 Å². The summed E-state index contributed by atoms with van der Waals surface area (Å²) in [5.74, 6) is 0.0451. The summed E-state index contributed by atoms with van der Waals surface area (Å²) in [5, 5.41) is 3.02. The summed E-state index contributed by atoms with van der Waals surface area (Å²) in [6.07, 6.45) is 1.37. The van der Waals surface area contributed by atoms with Crippen LogP contribution < -0.4 is 0 Å². The highest BCUT2D eigenvalue weighted by Gasteiger charge is 2.36. The Morgan fingerprint density at radius 3 is 2.54 bits per heavy atom. The lowest BCUT2D eigenvalue weighted by Gasteiger charge is -2.38. The maximum absolute atomic E-state index is 13.8. The molecular formula is C26H28Cl2N2O3S2. The van der Waals surface area contributed by atoms with Crippen LogP contribution in [0.3, 0.4) is 0 Å². The van der Waals surface area contributed by atoms with Crippen molar-refractivity contribution in [1.29, 1.82) is 0 Å². The van der Waals surface area contributed by atoms with Gasteiger partial charge in [0.1, 0.15) is 0 Å². The lowest BCUT2D eigenvalue weighted by molar-refractivity contribution is -0.133. The van der Waals surface area contributed by atoms with Crippen LogP contribution in [0.5, 0.6) is 0 Å². The molecule has 2 heterocycles. The first-order chi connectivity index (χ1) is 16.7. The molecule has 9 heteroatoms. The van der Waals surface area contributed by atoms with Crippen LogP contribution in [-0.2, 0) is 21.2 Å². The monoisotopic (exact) mass is 550 g/mol. The molecule has 0 spiro atoms. The first kappa shape index (κ1) is 26.2. The number of nitrogens with zero attached hydrogens (tertiary/aromatic N) is 2. The lowest BCUT2D eigenvalue weighted by Crippen LogP contribution is -2.47. The molecule has 0 radical (unpaired) electrons. The molecule has 35 heavy (non-hydrogen) atoms. The molecule has 0 aliphatic carbocycles. The second-order valence-electron chi connectivity index (χ2n) is 9.04. The van der Waals surface area contributed by atoms with E-state index in [2.05, 4.69) is 0 Å². The fourth-order valence-corrected chi connectivity index (χ4v) is 7.15. The summed E-state index contributed by atoms with van der Waals surface area (Å²) in [5.41, 5.74) is 1.81. The molecule has 0 fully saturated rings. The third-order valence-electron chi connectivity index (χ3n) is 6.19. The summed E-state index contributed by atoms with van der Waals surface area (Å²) < 4.78 is 28.3. The molecule has 1 atom stereocenters. The molecule has 1 aromatic heterocycles. The van der Waals surface area contributed by atoms with E-state index in [1.54, 1.807) is 58.7 Å². The molecule has 1 unspecified atom stereocenters. The van der Waals surface area contributed by atoms with Crippen LogP contribution in [0.25, 0.3) is 0 Å². The first-order valence-corrected chi connectivity index (χ1v) is 14.6. The second-order valence-corrected chi connectivity index (χ2v) is 12.8. The van der Waals surface area contributed by atoms with Gasteiger partial charge in [-0.1, -0.05) is 61.3 Å². The van der Waals surface area contributed by atoms with Gasteiger partial charge in [-0.15, -0.1) is 11.3 Å². The number of sulfonamides is 1. The van der Waals surface area contributed by atoms with Crippen molar-refractivity contribution < 1.29 is 13.2 Å². The zero-order valence-corrected chi connectivity index (χ0v) is 22.8. The molecule has 0 N–H and O–H groups in total. The number of rotatable bonds is 8. The summed E-state index contributed by atoms with van der Waals surface area (Å²) in [4.78, 5) is 16.9. The number of benzene rings is 2. The Balaban J connectivity index is 1.68. The average molecular weight is 552 g/mol. The minimum atomic E-state index is -3.83. The minimum absolute atomic E-state index is 0.188. The Labute approximate surface area is 221 Å². The van der Waals surface area contributed by atoms with Crippen molar-refractivity contribution in [2.24, 2.45) is 5.92 Å². The third kappa shape index (κ3) is 5.75. The van der Waals surface area contributed by atoms with E-state index in [0.29, 0.717) is 28.9 Å². The van der Waals surface area contributed by atoms with E-state index in [0.717, 1.165) is 17.5 Å². The molecule has 1 aliphatic rings. The van der Waals surface area contributed by atoms with Gasteiger partial charge in [-0.3, -0.25) is 4.79 Å². The van der Waals surface area contributed by atoms with Crippen molar-refractivity contribution in [3.63, 3.8) is 0 Å². The largest absolute Gasteiger partial charge is 0.330 e. The Morgan fingerprint density at radius 2 is 1.86 bits per heavy atom. The van der Waals surface area contributed by atoms with E-state index in [4.69, 9.17) is 23.2 Å². The fraction of sp³-hybridized carbons (Fsp3) is 0.346. The van der Waals surface area contributed by atoms with Gasteiger partial charge in [0, 0.05) is 28.0 Å². The highest BCUT2D eigenvalue weighted by atomic mass is 35.5. The molecule has 4 rings (SSSR count). The first-order valence-electron chi connectivity index (χ1n) is 11.5. The smallest absolute Gasteiger partial charge is 0.243 e. The highest BCUT2D eigenvalue weighted by Crippen LogP contribution is 2.41. The van der Waals surface area contributed by atoms with E-state index in [1.807, 2.05) is 31.4 Å². The van der Waals surface area contributed by atoms with Gasteiger partial charge >= 0.3 is 0 Å². The molecular weight excluding hydrogens is 523 g/mol. The molecule has 1 aliphatic heterocycles. The lowest BCUT2D eigenvalue weighted by atomic mass is 9.93. The van der Waals surface area contributed by atoms with Crippen molar-refractivity contribution in [3.05, 3.63) is 86.0 Å². The minimum Gasteiger partial charge on any atom is -0.330 e. The summed E-state index contributed by atoms with van der Waals surface area (Å²) in [6, 6.07) is 15.2. The number of halogens is 2. The van der Waals surface area contributed by atoms with Gasteiger partial charge in [-0.2, -0.15) is 4.31 Å². The van der Waals surface area contributed by atoms with Crippen LogP contribution in [0.2, 0.25) is 10.0 Å². The van der Waals surface area contributed by atoms with Gasteiger partial charge < -0.3 is 4.90 Å². The maximum Gasteiger partial charge on any atom is 0.243 e. The van der Waals surface area contributed by atoms with Crippen LogP contribution in [-0.4, -0.2) is 43.2 Å². The van der Waals surface area contributed by atoms with Crippen LogP contribution in [0.4, 0.5) is 0 Å². The second kappa shape index (κ2) is 11.0. The zero-order chi connectivity index (χ0) is 25.2. The number of amides is 1. The number of carbonyl (C=O) groups excluding carboxylic acids is 1. The van der Waals surface area contributed by atoms with Crippen molar-refractivity contribution >= 4 is 50.5 Å². The quantitative estimate of drug-likeness (QED) is 0.332. The molecule has 0 saturated carbocycles. The van der Waals surface area contributed by atoms with E-state index in [1.165, 1.54) is 9.18 Å². The topological polar surface area (TPSA) is 57.7 Å². The predicted molar refractivity (Wildman–Crippen MR) is 143 cm³/mol. The molecule has 0 bridgehead atoms. The van der Waals surface area contributed by atoms with E-state index < -0.39 is 16.1 Å². The van der Waals surface area contributed by atoms with Crippen molar-refractivity contribution in [2.75, 3.05) is 19.6 Å². The third-order valence-corrected chi connectivity index (χ3v) is 9.61. The Hall–Kier alpha value is -1.90. The standard InChI is InChI=1S/C26H28Cl2N2O3S2/c1-18(2)10-13-29(35(32,33)20-6-4-3-5-7-20)17-25(31)30-14-11-24-22(12-15-34-24)26(30)21-9-8-19(27)16-23(21)28/h3-9,12,15-16,18,26H,10-11,13-14,17H2,1-2H3.